The van der Waals surface area contributed by atoms with Crippen molar-refractivity contribution in [3.63, 3.8) is 0 Å². The molecule has 0 amide bonds. The molecule has 1 aliphatic rings. The van der Waals surface area contributed by atoms with Crippen molar-refractivity contribution >= 4 is 27.4 Å². The molecule has 0 aliphatic carbocycles. The number of H-pyrrole nitrogens is 1. The van der Waals surface area contributed by atoms with E-state index in [1.807, 2.05) is 6.07 Å². The summed E-state index contributed by atoms with van der Waals surface area (Å²) < 4.78 is 5.39. The Kier molecular flexibility index (Phi) is 3.53. The summed E-state index contributed by atoms with van der Waals surface area (Å²) >= 11 is 1.42. The summed E-state index contributed by atoms with van der Waals surface area (Å²) in [5, 5.41) is 0.688. The van der Waals surface area contributed by atoms with Crippen molar-refractivity contribution in [3.8, 4) is 11.5 Å². The normalized spacial score (nSPS) is 16.4. The van der Waals surface area contributed by atoms with Gasteiger partial charge in [-0.25, -0.2) is 9.97 Å². The Balaban J connectivity index is 1.62. The van der Waals surface area contributed by atoms with E-state index in [4.69, 9.17) is 10.5 Å². The van der Waals surface area contributed by atoms with E-state index in [0.717, 1.165) is 55.4 Å². The number of anilines is 1. The van der Waals surface area contributed by atoms with Crippen molar-refractivity contribution < 1.29 is 4.74 Å². The van der Waals surface area contributed by atoms with Crippen LogP contribution in [0.4, 0.5) is 5.00 Å². The molecule has 3 heterocycles. The molecule has 3 N–H and O–H groups in total. The molecule has 22 heavy (non-hydrogen) atoms. The molecule has 0 spiro atoms. The first-order valence-corrected chi connectivity index (χ1v) is 8.15. The molecule has 0 saturated carbocycles. The lowest BCUT2D eigenvalue weighted by molar-refractivity contribution is 0.0342. The zero-order valence-corrected chi connectivity index (χ0v) is 12.9. The molecule has 0 atom stereocenters. The highest BCUT2D eigenvalue weighted by Crippen LogP contribution is 2.27. The summed E-state index contributed by atoms with van der Waals surface area (Å²) in [5.41, 5.74) is 11.6. The van der Waals surface area contributed by atoms with E-state index in [2.05, 4.69) is 32.0 Å². The molecule has 1 aliphatic heterocycles. The van der Waals surface area contributed by atoms with Crippen LogP contribution >= 0.6 is 11.3 Å². The Morgan fingerprint density at radius 2 is 2.18 bits per heavy atom. The van der Waals surface area contributed by atoms with Gasteiger partial charge in [-0.2, -0.15) is 0 Å². The Labute approximate surface area is 131 Å². The smallest absolute Gasteiger partial charge is 0.160 e. The van der Waals surface area contributed by atoms with Gasteiger partial charge in [-0.15, -0.1) is 11.3 Å². The number of hydrogen-bond acceptors (Lipinski definition) is 6. The predicted octanol–water partition coefficient (Wildman–Crippen LogP) is 2.10. The maximum atomic E-state index is 5.93. The summed E-state index contributed by atoms with van der Waals surface area (Å²) in [6.07, 6.45) is 0. The van der Waals surface area contributed by atoms with Crippen LogP contribution in [0.5, 0.6) is 0 Å². The molecule has 0 bridgehead atoms. The second-order valence-electron chi connectivity index (χ2n) is 5.39. The quantitative estimate of drug-likeness (QED) is 0.774. The van der Waals surface area contributed by atoms with Crippen molar-refractivity contribution in [2.45, 2.75) is 6.54 Å². The van der Waals surface area contributed by atoms with Gasteiger partial charge in [0.15, 0.2) is 5.82 Å². The highest BCUT2D eigenvalue weighted by molar-refractivity contribution is 7.14. The number of benzene rings is 1. The molecule has 1 saturated heterocycles. The summed E-state index contributed by atoms with van der Waals surface area (Å²) in [6.45, 7) is 4.55. The SMILES string of the molecule is Nc1scnc1-c1nc2ccc(CN3CCOCC3)cc2[nH]1. The molecule has 1 aromatic carbocycles. The number of thiazole rings is 1. The molecule has 0 unspecified atom stereocenters. The van der Waals surface area contributed by atoms with Crippen LogP contribution in [-0.2, 0) is 11.3 Å². The zero-order chi connectivity index (χ0) is 14.9. The summed E-state index contributed by atoms with van der Waals surface area (Å²) in [6, 6.07) is 6.34. The number of aromatic nitrogens is 3. The standard InChI is InChI=1S/C15H17N5OS/c16-14-13(17-9-22-14)15-18-11-2-1-10(7-12(11)19-15)8-20-3-5-21-6-4-20/h1-2,7,9H,3-6,8,16H2,(H,18,19). The topological polar surface area (TPSA) is 80.1 Å². The average molecular weight is 315 g/mol. The number of rotatable bonds is 3. The van der Waals surface area contributed by atoms with Gasteiger partial charge in [-0.05, 0) is 17.7 Å². The van der Waals surface area contributed by atoms with E-state index >= 15 is 0 Å². The molecule has 114 valence electrons. The molecule has 3 aromatic rings. The second kappa shape index (κ2) is 5.68. The van der Waals surface area contributed by atoms with Crippen molar-refractivity contribution in [3.05, 3.63) is 29.3 Å². The number of morpholine rings is 1. The highest BCUT2D eigenvalue weighted by atomic mass is 32.1. The summed E-state index contributed by atoms with van der Waals surface area (Å²) in [5.74, 6) is 0.734. The Morgan fingerprint density at radius 3 is 2.95 bits per heavy atom. The lowest BCUT2D eigenvalue weighted by atomic mass is 10.2. The van der Waals surface area contributed by atoms with Crippen LogP contribution in [0.2, 0.25) is 0 Å². The van der Waals surface area contributed by atoms with Gasteiger partial charge in [0.05, 0.1) is 29.8 Å². The molecule has 0 radical (unpaired) electrons. The third kappa shape index (κ3) is 2.58. The largest absolute Gasteiger partial charge is 0.389 e. The number of nitrogens with zero attached hydrogens (tertiary/aromatic N) is 3. The summed E-state index contributed by atoms with van der Waals surface area (Å²) in [7, 11) is 0. The molecular formula is C15H17N5OS. The Morgan fingerprint density at radius 1 is 1.32 bits per heavy atom. The lowest BCUT2D eigenvalue weighted by Gasteiger charge is -2.26. The Hall–Kier alpha value is -1.96. The number of nitrogen functional groups attached to an aromatic ring is 1. The van der Waals surface area contributed by atoms with E-state index in [1.54, 1.807) is 5.51 Å². The molecule has 4 rings (SSSR count). The van der Waals surface area contributed by atoms with Crippen LogP contribution in [0.3, 0.4) is 0 Å². The van der Waals surface area contributed by atoms with Crippen molar-refractivity contribution in [2.24, 2.45) is 0 Å². The van der Waals surface area contributed by atoms with Crippen LogP contribution in [0.25, 0.3) is 22.6 Å². The van der Waals surface area contributed by atoms with Crippen LogP contribution in [0, 0.1) is 0 Å². The highest BCUT2D eigenvalue weighted by Gasteiger charge is 2.13. The first-order valence-electron chi connectivity index (χ1n) is 7.28. The second-order valence-corrected chi connectivity index (χ2v) is 6.28. The number of nitrogens with one attached hydrogen (secondary N) is 1. The van der Waals surface area contributed by atoms with Gasteiger partial charge in [-0.3, -0.25) is 4.90 Å². The molecule has 1 fully saturated rings. The molecule has 6 nitrogen and oxygen atoms in total. The monoisotopic (exact) mass is 315 g/mol. The van der Waals surface area contributed by atoms with E-state index in [-0.39, 0.29) is 0 Å². The van der Waals surface area contributed by atoms with Crippen LogP contribution in [0.15, 0.2) is 23.7 Å². The van der Waals surface area contributed by atoms with Crippen LogP contribution in [-0.4, -0.2) is 46.2 Å². The number of fused-ring (bicyclic) bond motifs is 1. The van der Waals surface area contributed by atoms with E-state index < -0.39 is 0 Å². The van der Waals surface area contributed by atoms with Gasteiger partial charge < -0.3 is 15.5 Å². The van der Waals surface area contributed by atoms with Gasteiger partial charge in [0.2, 0.25) is 0 Å². The molecule has 2 aromatic heterocycles. The third-order valence-corrected chi connectivity index (χ3v) is 4.53. The van der Waals surface area contributed by atoms with Crippen molar-refractivity contribution in [1.29, 1.82) is 0 Å². The summed E-state index contributed by atoms with van der Waals surface area (Å²) in [4.78, 5) is 14.6. The lowest BCUT2D eigenvalue weighted by Crippen LogP contribution is -2.35. The van der Waals surface area contributed by atoms with Gasteiger partial charge in [0, 0.05) is 19.6 Å². The molecule has 7 heteroatoms. The van der Waals surface area contributed by atoms with Gasteiger partial charge >= 0.3 is 0 Å². The minimum absolute atomic E-state index is 0.688. The zero-order valence-electron chi connectivity index (χ0n) is 12.1. The van der Waals surface area contributed by atoms with Crippen LogP contribution < -0.4 is 5.73 Å². The number of imidazole rings is 1. The van der Waals surface area contributed by atoms with Gasteiger partial charge in [0.1, 0.15) is 10.7 Å². The predicted molar refractivity (Wildman–Crippen MR) is 87.7 cm³/mol. The average Bonchev–Trinajstić information content (AvgIpc) is 3.13. The maximum Gasteiger partial charge on any atom is 0.160 e. The van der Waals surface area contributed by atoms with Gasteiger partial charge in [0.25, 0.3) is 0 Å². The number of aromatic amines is 1. The first-order chi connectivity index (χ1) is 10.8. The van der Waals surface area contributed by atoms with Crippen molar-refractivity contribution in [1.82, 2.24) is 19.9 Å². The fourth-order valence-electron chi connectivity index (χ4n) is 2.72. The minimum Gasteiger partial charge on any atom is -0.389 e. The van der Waals surface area contributed by atoms with Crippen LogP contribution in [0.1, 0.15) is 5.56 Å². The van der Waals surface area contributed by atoms with E-state index in [0.29, 0.717) is 5.00 Å². The van der Waals surface area contributed by atoms with Crippen molar-refractivity contribution in [2.75, 3.05) is 32.0 Å². The maximum absolute atomic E-state index is 5.93. The minimum atomic E-state index is 0.688. The van der Waals surface area contributed by atoms with E-state index in [9.17, 15) is 0 Å². The number of ether oxygens (including phenoxy) is 1. The number of nitrogens with two attached hydrogens (primary N) is 1. The molecular weight excluding hydrogens is 298 g/mol. The van der Waals surface area contributed by atoms with E-state index in [1.165, 1.54) is 16.9 Å². The number of hydrogen-bond donors (Lipinski definition) is 2. The van der Waals surface area contributed by atoms with Gasteiger partial charge in [-0.1, -0.05) is 6.07 Å². The Bertz CT molecular complexity index is 790. The first kappa shape index (κ1) is 13.7. The fourth-order valence-corrected chi connectivity index (χ4v) is 3.25. The fraction of sp³-hybridized carbons (Fsp3) is 0.333. The third-order valence-electron chi connectivity index (χ3n) is 3.88.